The third kappa shape index (κ3) is 1.32. The standard InChI is InChI=1S/C7H9N5O2/c8-6(14)4-1-5(13)12(2-4)7-9-3-10-11-7/h3-4H,1-2H2,(H2,8,14)(H,9,10,11). The number of carbonyl (C=O) groups excluding carboxylic acids is 2. The molecule has 0 aliphatic carbocycles. The highest BCUT2D eigenvalue weighted by Gasteiger charge is 2.35. The fourth-order valence-electron chi connectivity index (χ4n) is 1.43. The van der Waals surface area contributed by atoms with Gasteiger partial charge in [-0.15, -0.1) is 0 Å². The van der Waals surface area contributed by atoms with E-state index in [1.807, 2.05) is 0 Å². The predicted molar refractivity (Wildman–Crippen MR) is 46.0 cm³/mol. The summed E-state index contributed by atoms with van der Waals surface area (Å²) in [5.74, 6) is -0.683. The second-order valence-electron chi connectivity index (χ2n) is 3.12. The topological polar surface area (TPSA) is 105 Å². The van der Waals surface area contributed by atoms with Gasteiger partial charge >= 0.3 is 0 Å². The third-order valence-corrected chi connectivity index (χ3v) is 2.19. The normalized spacial score (nSPS) is 21.6. The van der Waals surface area contributed by atoms with Gasteiger partial charge in [-0.2, -0.15) is 10.1 Å². The van der Waals surface area contributed by atoms with E-state index in [-0.39, 0.29) is 18.9 Å². The van der Waals surface area contributed by atoms with Crippen LogP contribution in [0.4, 0.5) is 5.95 Å². The summed E-state index contributed by atoms with van der Waals surface area (Å²) in [4.78, 5) is 27.5. The van der Waals surface area contributed by atoms with E-state index in [0.29, 0.717) is 5.95 Å². The van der Waals surface area contributed by atoms with Crippen molar-refractivity contribution in [1.29, 1.82) is 0 Å². The van der Waals surface area contributed by atoms with Gasteiger partial charge < -0.3 is 5.73 Å². The molecule has 1 aromatic rings. The second-order valence-corrected chi connectivity index (χ2v) is 3.12. The zero-order chi connectivity index (χ0) is 10.1. The van der Waals surface area contributed by atoms with E-state index in [9.17, 15) is 9.59 Å². The van der Waals surface area contributed by atoms with Gasteiger partial charge in [-0.1, -0.05) is 0 Å². The molecule has 1 fully saturated rings. The number of aromatic nitrogens is 3. The average molecular weight is 195 g/mol. The Hall–Kier alpha value is -1.92. The van der Waals surface area contributed by atoms with E-state index in [1.165, 1.54) is 11.2 Å². The van der Waals surface area contributed by atoms with Gasteiger partial charge in [0.25, 0.3) is 0 Å². The van der Waals surface area contributed by atoms with Crippen molar-refractivity contribution in [3.63, 3.8) is 0 Å². The van der Waals surface area contributed by atoms with Crippen molar-refractivity contribution in [3.05, 3.63) is 6.33 Å². The highest BCUT2D eigenvalue weighted by Crippen LogP contribution is 2.20. The van der Waals surface area contributed by atoms with Gasteiger partial charge in [0, 0.05) is 13.0 Å². The summed E-state index contributed by atoms with van der Waals surface area (Å²) in [6.45, 7) is 0.281. The van der Waals surface area contributed by atoms with Crippen molar-refractivity contribution in [2.45, 2.75) is 6.42 Å². The van der Waals surface area contributed by atoms with Crippen LogP contribution < -0.4 is 10.6 Å². The van der Waals surface area contributed by atoms with Gasteiger partial charge in [0.2, 0.25) is 17.8 Å². The van der Waals surface area contributed by atoms with Crippen LogP contribution in [0.3, 0.4) is 0 Å². The van der Waals surface area contributed by atoms with Crippen LogP contribution >= 0.6 is 0 Å². The quantitative estimate of drug-likeness (QED) is 0.608. The highest BCUT2D eigenvalue weighted by atomic mass is 16.2. The van der Waals surface area contributed by atoms with Crippen LogP contribution in [0.1, 0.15) is 6.42 Å². The Morgan fingerprint density at radius 2 is 2.50 bits per heavy atom. The molecule has 74 valence electrons. The molecule has 1 saturated heterocycles. The van der Waals surface area contributed by atoms with E-state index in [1.54, 1.807) is 0 Å². The van der Waals surface area contributed by atoms with Crippen molar-refractivity contribution in [2.75, 3.05) is 11.4 Å². The molecule has 1 unspecified atom stereocenters. The van der Waals surface area contributed by atoms with E-state index in [2.05, 4.69) is 15.2 Å². The minimum Gasteiger partial charge on any atom is -0.369 e. The van der Waals surface area contributed by atoms with Gasteiger partial charge in [0.1, 0.15) is 6.33 Å². The highest BCUT2D eigenvalue weighted by molar-refractivity contribution is 5.98. The lowest BCUT2D eigenvalue weighted by molar-refractivity contribution is -0.123. The van der Waals surface area contributed by atoms with Gasteiger partial charge in [-0.3, -0.25) is 14.5 Å². The van der Waals surface area contributed by atoms with E-state index < -0.39 is 11.8 Å². The molecule has 7 heteroatoms. The first-order valence-electron chi connectivity index (χ1n) is 4.13. The maximum Gasteiger partial charge on any atom is 0.230 e. The van der Waals surface area contributed by atoms with Crippen molar-refractivity contribution < 1.29 is 9.59 Å². The number of carbonyl (C=O) groups is 2. The van der Waals surface area contributed by atoms with Gasteiger partial charge in [-0.25, -0.2) is 5.10 Å². The smallest absolute Gasteiger partial charge is 0.230 e. The molecule has 0 bridgehead atoms. The maximum atomic E-state index is 11.4. The molecule has 2 heterocycles. The van der Waals surface area contributed by atoms with Crippen molar-refractivity contribution in [3.8, 4) is 0 Å². The van der Waals surface area contributed by atoms with Crippen molar-refractivity contribution in [2.24, 2.45) is 11.7 Å². The number of anilines is 1. The third-order valence-electron chi connectivity index (χ3n) is 2.19. The molecule has 0 aromatic carbocycles. The summed E-state index contributed by atoms with van der Waals surface area (Å²) in [6.07, 6.45) is 1.45. The molecule has 7 nitrogen and oxygen atoms in total. The van der Waals surface area contributed by atoms with E-state index in [0.717, 1.165) is 0 Å². The fraction of sp³-hybridized carbons (Fsp3) is 0.429. The van der Waals surface area contributed by atoms with Crippen LogP contribution in [0.15, 0.2) is 6.33 Å². The van der Waals surface area contributed by atoms with Crippen LogP contribution in [-0.2, 0) is 9.59 Å². The van der Waals surface area contributed by atoms with Crippen molar-refractivity contribution >= 4 is 17.8 Å². The summed E-state index contributed by atoms with van der Waals surface area (Å²) in [5, 5.41) is 6.19. The second kappa shape index (κ2) is 3.09. The van der Waals surface area contributed by atoms with Crippen LogP contribution in [-0.4, -0.2) is 33.5 Å². The van der Waals surface area contributed by atoms with Crippen LogP contribution in [0.2, 0.25) is 0 Å². The summed E-state index contributed by atoms with van der Waals surface area (Å²) >= 11 is 0. The number of aromatic amines is 1. The largest absolute Gasteiger partial charge is 0.369 e. The summed E-state index contributed by atoms with van der Waals surface area (Å²) in [7, 11) is 0. The lowest BCUT2D eigenvalue weighted by atomic mass is 10.1. The zero-order valence-electron chi connectivity index (χ0n) is 7.30. The molecule has 14 heavy (non-hydrogen) atoms. The molecule has 2 rings (SSSR count). The Bertz CT molecular complexity index is 360. The van der Waals surface area contributed by atoms with E-state index in [4.69, 9.17) is 5.73 Å². The number of hydrogen-bond acceptors (Lipinski definition) is 4. The monoisotopic (exact) mass is 195 g/mol. The maximum absolute atomic E-state index is 11.4. The number of primary amides is 1. The molecule has 0 saturated carbocycles. The molecule has 3 N–H and O–H groups in total. The molecule has 1 aromatic heterocycles. The van der Waals surface area contributed by atoms with E-state index >= 15 is 0 Å². The Balaban J connectivity index is 2.16. The lowest BCUT2D eigenvalue weighted by Gasteiger charge is -2.10. The first kappa shape index (κ1) is 8.67. The first-order chi connectivity index (χ1) is 6.68. The minimum absolute atomic E-state index is 0.149. The first-order valence-corrected chi connectivity index (χ1v) is 4.13. The van der Waals surface area contributed by atoms with Gasteiger partial charge in [-0.05, 0) is 0 Å². The molecule has 2 amide bonds. The fourth-order valence-corrected chi connectivity index (χ4v) is 1.43. The number of rotatable bonds is 2. The molecular weight excluding hydrogens is 186 g/mol. The summed E-state index contributed by atoms with van der Waals surface area (Å²) in [6, 6.07) is 0. The SMILES string of the molecule is NC(=O)C1CC(=O)N(c2ncn[nH]2)C1. The Labute approximate surface area is 79.3 Å². The molecule has 0 spiro atoms. The predicted octanol–water partition coefficient (Wildman–Crippen LogP) is -1.36. The minimum atomic E-state index is -0.458. The average Bonchev–Trinajstić information content (AvgIpc) is 2.71. The van der Waals surface area contributed by atoms with Gasteiger partial charge in [0.15, 0.2) is 0 Å². The Kier molecular flexibility index (Phi) is 1.91. The summed E-state index contributed by atoms with van der Waals surface area (Å²) in [5.41, 5.74) is 5.11. The van der Waals surface area contributed by atoms with Gasteiger partial charge in [0.05, 0.1) is 5.92 Å². The lowest BCUT2D eigenvalue weighted by Crippen LogP contribution is -2.29. The molecule has 0 radical (unpaired) electrons. The van der Waals surface area contributed by atoms with Crippen LogP contribution in [0.5, 0.6) is 0 Å². The number of nitrogens with zero attached hydrogens (tertiary/aromatic N) is 3. The molecule has 1 atom stereocenters. The van der Waals surface area contributed by atoms with Crippen molar-refractivity contribution in [1.82, 2.24) is 15.2 Å². The molecular formula is C7H9N5O2. The molecule has 1 aliphatic rings. The number of nitrogens with two attached hydrogens (primary N) is 1. The van der Waals surface area contributed by atoms with Crippen LogP contribution in [0.25, 0.3) is 0 Å². The Morgan fingerprint density at radius 1 is 1.71 bits per heavy atom. The van der Waals surface area contributed by atoms with Crippen LogP contribution in [0, 0.1) is 5.92 Å². The molecule has 1 aliphatic heterocycles. The Morgan fingerprint density at radius 3 is 3.00 bits per heavy atom. The summed E-state index contributed by atoms with van der Waals surface area (Å²) < 4.78 is 0. The number of H-pyrrole nitrogens is 1. The number of amides is 2. The zero-order valence-corrected chi connectivity index (χ0v) is 7.30. The number of nitrogens with one attached hydrogen (secondary N) is 1. The number of hydrogen-bond donors (Lipinski definition) is 2.